The number of primary amides is 1. The average molecular weight is 608 g/mol. The smallest absolute Gasteiger partial charge is 0.255 e. The molecular formula is C31H37N5O8. The Kier molecular flexibility index (Phi) is 7.63. The molecule has 2 aromatic rings. The van der Waals surface area contributed by atoms with Gasteiger partial charge in [-0.1, -0.05) is 32.9 Å². The topological polar surface area (TPSA) is 209 Å². The van der Waals surface area contributed by atoms with E-state index in [0.29, 0.717) is 24.1 Å². The van der Waals surface area contributed by atoms with Crippen LogP contribution in [-0.4, -0.2) is 84.2 Å². The Labute approximate surface area is 253 Å². The minimum absolute atomic E-state index is 0.00354. The van der Waals surface area contributed by atoms with Crippen LogP contribution in [0.5, 0.6) is 0 Å². The Morgan fingerprint density at radius 2 is 1.91 bits per heavy atom. The van der Waals surface area contributed by atoms with Crippen LogP contribution in [0.15, 0.2) is 52.9 Å². The van der Waals surface area contributed by atoms with Crippen LogP contribution in [0, 0.1) is 16.7 Å². The van der Waals surface area contributed by atoms with Crippen molar-refractivity contribution in [3.05, 3.63) is 69.4 Å². The molecule has 0 radical (unpaired) electrons. The monoisotopic (exact) mass is 607 g/mol. The number of ketones is 2. The molecule has 0 spiro atoms. The second-order valence-electron chi connectivity index (χ2n) is 12.9. The van der Waals surface area contributed by atoms with Crippen LogP contribution >= 0.6 is 0 Å². The molecule has 13 heteroatoms. The van der Waals surface area contributed by atoms with E-state index in [2.05, 4.69) is 10.2 Å². The first-order valence-corrected chi connectivity index (χ1v) is 14.4. The Balaban J connectivity index is 1.67. The Bertz CT molecular complexity index is 1630. The first-order chi connectivity index (χ1) is 20.6. The number of imidazole rings is 1. The summed E-state index contributed by atoms with van der Waals surface area (Å²) in [6.45, 7) is 6.27. The van der Waals surface area contributed by atoms with Gasteiger partial charge in [-0.25, -0.2) is 4.98 Å². The lowest BCUT2D eigenvalue weighted by atomic mass is 9.54. The highest BCUT2D eigenvalue weighted by Crippen LogP contribution is 2.57. The number of aliphatic hydroxyl groups excluding tert-OH is 3. The number of aryl methyl sites for hydroxylation is 1. The summed E-state index contributed by atoms with van der Waals surface area (Å²) in [5.74, 6) is -8.89. The molecule has 1 aromatic heterocycles. The molecule has 13 nitrogen and oxygen atoms in total. The third kappa shape index (κ3) is 4.32. The number of amides is 1. The molecule has 0 unspecified atom stereocenters. The zero-order valence-corrected chi connectivity index (χ0v) is 25.2. The minimum atomic E-state index is -2.97. The van der Waals surface area contributed by atoms with E-state index in [9.17, 15) is 39.7 Å². The summed E-state index contributed by atoms with van der Waals surface area (Å²) in [6, 6.07) is 2.08. The summed E-state index contributed by atoms with van der Waals surface area (Å²) in [7, 11) is 2.93. The summed E-state index contributed by atoms with van der Waals surface area (Å²) >= 11 is 0. The number of aliphatic hydroxyl groups is 4. The van der Waals surface area contributed by atoms with Gasteiger partial charge in [-0.05, 0) is 54.6 Å². The number of hydrogen-bond acceptors (Lipinski definition) is 11. The van der Waals surface area contributed by atoms with Crippen molar-refractivity contribution in [2.45, 2.75) is 69.2 Å². The average Bonchev–Trinajstić information content (AvgIpc) is 3.47. The summed E-state index contributed by atoms with van der Waals surface area (Å²) < 4.78 is 1.94. The van der Waals surface area contributed by atoms with Crippen LogP contribution < -0.4 is 5.73 Å². The molecule has 5 rings (SSSR count). The van der Waals surface area contributed by atoms with E-state index in [0.717, 1.165) is 6.42 Å². The van der Waals surface area contributed by atoms with E-state index < -0.39 is 81.1 Å². The lowest BCUT2D eigenvalue weighted by Crippen LogP contribution is -2.70. The van der Waals surface area contributed by atoms with Crippen LogP contribution in [0.4, 0.5) is 5.69 Å². The number of nitrogens with two attached hydrogens (primary N) is 1. The summed E-state index contributed by atoms with van der Waals surface area (Å²) in [4.78, 5) is 57.6. The maximum Gasteiger partial charge on any atom is 0.255 e. The molecule has 44 heavy (non-hydrogen) atoms. The van der Waals surface area contributed by atoms with E-state index >= 15 is 0 Å². The quantitative estimate of drug-likeness (QED) is 0.218. The molecular weight excluding hydrogens is 570 g/mol. The van der Waals surface area contributed by atoms with Crippen molar-refractivity contribution < 1.29 is 34.8 Å². The highest BCUT2D eigenvalue weighted by molar-refractivity contribution is 6.24. The van der Waals surface area contributed by atoms with Crippen molar-refractivity contribution in [1.29, 1.82) is 0 Å². The van der Waals surface area contributed by atoms with Crippen molar-refractivity contribution >= 4 is 28.9 Å². The number of Topliss-reactive ketones (excluding diaryl/α,β-unsaturated/α-hetero) is 2. The van der Waals surface area contributed by atoms with Gasteiger partial charge in [0.05, 0.1) is 24.4 Å². The van der Waals surface area contributed by atoms with Crippen molar-refractivity contribution in [3.8, 4) is 0 Å². The summed E-state index contributed by atoms with van der Waals surface area (Å²) in [6.07, 6.45) is 4.97. The molecule has 3 aliphatic carbocycles. The number of carbonyl (C=O) groups is 3. The fourth-order valence-electron chi connectivity index (χ4n) is 7.51. The maximum absolute atomic E-state index is 14.2. The molecule has 0 bridgehead atoms. The number of aromatic nitrogens is 2. The first-order valence-electron chi connectivity index (χ1n) is 14.4. The third-order valence-corrected chi connectivity index (χ3v) is 9.73. The highest BCUT2D eigenvalue weighted by Gasteiger charge is 2.68. The fraction of sp³-hybridized carbons (Fsp3) is 0.484. The van der Waals surface area contributed by atoms with Crippen LogP contribution in [0.3, 0.4) is 0 Å². The van der Waals surface area contributed by atoms with Gasteiger partial charge in [0, 0.05) is 36.0 Å². The van der Waals surface area contributed by atoms with Gasteiger partial charge >= 0.3 is 0 Å². The van der Waals surface area contributed by atoms with Gasteiger partial charge in [-0.2, -0.15) is 0 Å². The molecule has 3 aliphatic rings. The molecule has 1 saturated carbocycles. The van der Waals surface area contributed by atoms with Gasteiger partial charge in [0.15, 0.2) is 11.4 Å². The second kappa shape index (κ2) is 10.8. The largest absolute Gasteiger partial charge is 0.508 e. The maximum atomic E-state index is 14.2. The van der Waals surface area contributed by atoms with Crippen molar-refractivity contribution in [3.63, 3.8) is 0 Å². The molecule has 1 heterocycles. The number of likely N-dealkylation sites (N-methyl/N-ethyl adjacent to an activating group) is 1. The molecule has 0 aliphatic heterocycles. The standard InChI is InChI=1S/C31H37N5O8/c1-14-15-7-8-16(30(2,3)9-6-11-36-12-10-33-13-36)22(34-44)18(15)24(37)19-17(14)25(38)21-23(35(4)5)26(39)20(29(32)42)28(41)31(21,43)27(19)40/h7-8,10,12-14,17,21,23,25,37-38,41,43H,6,9,11H2,1-5H3,(H2,32,42)/t14-,17+,21+,23-,25-,31-/m0/s1. The third-order valence-electron chi connectivity index (χ3n) is 9.73. The van der Waals surface area contributed by atoms with Gasteiger partial charge in [-0.3, -0.25) is 19.3 Å². The lowest BCUT2D eigenvalue weighted by Gasteiger charge is -2.53. The van der Waals surface area contributed by atoms with Gasteiger partial charge < -0.3 is 30.7 Å². The summed E-state index contributed by atoms with van der Waals surface area (Å²) in [5.41, 5.74) is 1.32. The molecule has 234 valence electrons. The fourth-order valence-corrected chi connectivity index (χ4v) is 7.51. The van der Waals surface area contributed by atoms with E-state index in [1.54, 1.807) is 31.6 Å². The zero-order valence-electron chi connectivity index (χ0n) is 25.2. The molecule has 1 aromatic carbocycles. The van der Waals surface area contributed by atoms with Crippen LogP contribution in [0.1, 0.15) is 56.2 Å². The van der Waals surface area contributed by atoms with E-state index in [1.165, 1.54) is 19.0 Å². The SMILES string of the molecule is C[C@H]1c2ccc(C(C)(C)CCCn3ccnc3)c(N=O)c2C(O)=C2C(=O)[C@]3(O)C(O)=C(C(N)=O)C(=O)[C@@H](N(C)C)[C@@H]3[C@@H](O)[C@@H]21. The zero-order chi connectivity index (χ0) is 32.5. The van der Waals surface area contributed by atoms with Crippen molar-refractivity contribution in [2.24, 2.45) is 22.7 Å². The van der Waals surface area contributed by atoms with Gasteiger partial charge in [-0.15, -0.1) is 4.91 Å². The van der Waals surface area contributed by atoms with Crippen LogP contribution in [-0.2, 0) is 26.3 Å². The summed E-state index contributed by atoms with van der Waals surface area (Å²) in [5, 5.41) is 49.8. The van der Waals surface area contributed by atoms with E-state index in [4.69, 9.17) is 5.73 Å². The van der Waals surface area contributed by atoms with Crippen LogP contribution in [0.2, 0.25) is 0 Å². The van der Waals surface area contributed by atoms with Crippen molar-refractivity contribution in [2.75, 3.05) is 14.1 Å². The van der Waals surface area contributed by atoms with E-state index in [-0.39, 0.29) is 11.3 Å². The number of hydrogen-bond donors (Lipinski definition) is 5. The van der Waals surface area contributed by atoms with Gasteiger partial charge in [0.1, 0.15) is 22.8 Å². The van der Waals surface area contributed by atoms with Crippen LogP contribution in [0.25, 0.3) is 5.76 Å². The lowest BCUT2D eigenvalue weighted by molar-refractivity contribution is -0.169. The second-order valence-corrected chi connectivity index (χ2v) is 12.9. The van der Waals surface area contributed by atoms with Gasteiger partial charge in [0.25, 0.3) is 5.91 Å². The Hall–Kier alpha value is -4.20. The number of benzene rings is 1. The molecule has 6 atom stereocenters. The minimum Gasteiger partial charge on any atom is -0.508 e. The Morgan fingerprint density at radius 1 is 1.23 bits per heavy atom. The molecule has 1 amide bonds. The molecule has 0 saturated heterocycles. The number of rotatable bonds is 8. The molecule has 6 N–H and O–H groups in total. The normalized spacial score (nSPS) is 28.6. The van der Waals surface area contributed by atoms with Gasteiger partial charge in [0.2, 0.25) is 5.78 Å². The first kappa shape index (κ1) is 31.2. The molecule has 1 fully saturated rings. The Morgan fingerprint density at radius 3 is 2.48 bits per heavy atom. The predicted octanol–water partition coefficient (Wildman–Crippen LogP) is 2.14. The van der Waals surface area contributed by atoms with Crippen molar-refractivity contribution in [1.82, 2.24) is 14.5 Å². The number of fused-ring (bicyclic) bond motifs is 3. The predicted molar refractivity (Wildman–Crippen MR) is 159 cm³/mol. The number of nitroso groups, excluding NO2 is 1. The van der Waals surface area contributed by atoms with E-state index in [1.807, 2.05) is 24.6 Å². The number of nitrogens with zero attached hydrogens (tertiary/aromatic N) is 4. The highest BCUT2D eigenvalue weighted by atomic mass is 16.4. The number of carbonyl (C=O) groups excluding carboxylic acids is 3.